The van der Waals surface area contributed by atoms with Gasteiger partial charge in [-0.25, -0.2) is 0 Å². The predicted molar refractivity (Wildman–Crippen MR) is 64.5 cm³/mol. The summed E-state index contributed by atoms with van der Waals surface area (Å²) in [5, 5.41) is 0. The highest BCUT2D eigenvalue weighted by atomic mass is 35.5. The van der Waals surface area contributed by atoms with Crippen LogP contribution in [-0.2, 0) is 0 Å². The molecular weight excluding hydrogens is 226 g/mol. The van der Waals surface area contributed by atoms with Gasteiger partial charge in [-0.15, -0.1) is 11.6 Å². The number of alkyl halides is 1. The monoisotopic (exact) mass is 241 g/mol. The quantitative estimate of drug-likeness (QED) is 0.760. The normalized spacial score (nSPS) is 15.6. The Hall–Kier alpha value is -0.930. The van der Waals surface area contributed by atoms with Gasteiger partial charge in [0.25, 0.3) is 0 Å². The number of halogens is 1. The maximum absolute atomic E-state index is 6.01. The molecule has 1 aromatic rings. The van der Waals surface area contributed by atoms with E-state index < -0.39 is 0 Å². The number of rotatable bonds is 3. The van der Waals surface area contributed by atoms with E-state index in [1.54, 1.807) is 0 Å². The van der Waals surface area contributed by atoms with Crippen molar-refractivity contribution < 1.29 is 9.47 Å². The molecule has 88 valence electrons. The summed E-state index contributed by atoms with van der Waals surface area (Å²) in [7, 11) is 4.05. The fraction of sp³-hybridized carbons (Fsp3) is 0.500. The lowest BCUT2D eigenvalue weighted by Crippen LogP contribution is -2.22. The molecule has 0 spiro atoms. The Balaban J connectivity index is 2.40. The number of aryl methyl sites for hydroxylation is 1. The molecule has 0 radical (unpaired) electrons. The van der Waals surface area contributed by atoms with Crippen LogP contribution in [0.4, 0.5) is 0 Å². The lowest BCUT2D eigenvalue weighted by atomic mass is 10.0. The van der Waals surface area contributed by atoms with Gasteiger partial charge < -0.3 is 14.4 Å². The number of ether oxygens (including phenoxy) is 2. The predicted octanol–water partition coefficient (Wildman–Crippen LogP) is 2.57. The third-order valence-corrected chi connectivity index (χ3v) is 3.18. The van der Waals surface area contributed by atoms with E-state index in [2.05, 4.69) is 11.8 Å². The SMILES string of the molecule is Cc1cc2c(cc1C(CCl)N(C)C)OCO2. The summed E-state index contributed by atoms with van der Waals surface area (Å²) in [6.45, 7) is 2.38. The fourth-order valence-corrected chi connectivity index (χ4v) is 2.36. The molecule has 4 heteroatoms. The van der Waals surface area contributed by atoms with Crippen LogP contribution in [0.15, 0.2) is 12.1 Å². The summed E-state index contributed by atoms with van der Waals surface area (Å²) in [6.07, 6.45) is 0. The molecule has 1 unspecified atom stereocenters. The van der Waals surface area contributed by atoms with Crippen LogP contribution in [0.1, 0.15) is 17.2 Å². The summed E-state index contributed by atoms with van der Waals surface area (Å²) >= 11 is 6.01. The third-order valence-electron chi connectivity index (χ3n) is 2.89. The van der Waals surface area contributed by atoms with Crippen molar-refractivity contribution in [3.63, 3.8) is 0 Å². The van der Waals surface area contributed by atoms with Crippen molar-refractivity contribution in [3.8, 4) is 11.5 Å². The topological polar surface area (TPSA) is 21.7 Å². The number of nitrogens with zero attached hydrogens (tertiary/aromatic N) is 1. The van der Waals surface area contributed by atoms with Crippen LogP contribution in [0.2, 0.25) is 0 Å². The molecule has 0 aliphatic carbocycles. The molecule has 0 fully saturated rings. The first kappa shape index (κ1) is 11.6. The molecule has 0 N–H and O–H groups in total. The van der Waals surface area contributed by atoms with Crippen LogP contribution in [0.5, 0.6) is 11.5 Å². The fourth-order valence-electron chi connectivity index (χ4n) is 1.92. The minimum absolute atomic E-state index is 0.205. The van der Waals surface area contributed by atoms with Crippen LogP contribution in [0.25, 0.3) is 0 Å². The molecule has 3 nitrogen and oxygen atoms in total. The zero-order valence-electron chi connectivity index (χ0n) is 9.79. The minimum atomic E-state index is 0.205. The first-order valence-electron chi connectivity index (χ1n) is 5.26. The Labute approximate surface area is 101 Å². The molecular formula is C12H16ClNO2. The molecule has 1 heterocycles. The third kappa shape index (κ3) is 1.97. The molecule has 1 atom stereocenters. The van der Waals surface area contributed by atoms with Crippen LogP contribution in [-0.4, -0.2) is 31.7 Å². The van der Waals surface area contributed by atoms with Crippen LogP contribution >= 0.6 is 11.6 Å². The summed E-state index contributed by atoms with van der Waals surface area (Å²) in [5.41, 5.74) is 2.38. The van der Waals surface area contributed by atoms with Gasteiger partial charge in [-0.2, -0.15) is 0 Å². The van der Waals surface area contributed by atoms with Gasteiger partial charge in [0.2, 0.25) is 6.79 Å². The molecule has 1 aliphatic heterocycles. The Morgan fingerprint density at radius 3 is 2.50 bits per heavy atom. The van der Waals surface area contributed by atoms with E-state index in [1.165, 1.54) is 11.1 Å². The second kappa shape index (κ2) is 4.52. The number of benzene rings is 1. The molecule has 0 aromatic heterocycles. The zero-order valence-corrected chi connectivity index (χ0v) is 10.5. The number of hydrogen-bond donors (Lipinski definition) is 0. The average molecular weight is 242 g/mol. The second-order valence-electron chi connectivity index (χ2n) is 4.20. The molecule has 1 aliphatic rings. The van der Waals surface area contributed by atoms with E-state index in [0.717, 1.165) is 11.5 Å². The van der Waals surface area contributed by atoms with Gasteiger partial charge in [-0.05, 0) is 44.3 Å². The van der Waals surface area contributed by atoms with Crippen molar-refractivity contribution in [2.75, 3.05) is 26.8 Å². The van der Waals surface area contributed by atoms with Gasteiger partial charge in [0.15, 0.2) is 11.5 Å². The molecule has 1 aromatic carbocycles. The largest absolute Gasteiger partial charge is 0.454 e. The Bertz CT molecular complexity index is 393. The highest BCUT2D eigenvalue weighted by Gasteiger charge is 2.21. The minimum Gasteiger partial charge on any atom is -0.454 e. The zero-order chi connectivity index (χ0) is 11.7. The smallest absolute Gasteiger partial charge is 0.231 e. The van der Waals surface area contributed by atoms with Crippen molar-refractivity contribution >= 4 is 11.6 Å². The Morgan fingerprint density at radius 2 is 1.94 bits per heavy atom. The van der Waals surface area contributed by atoms with Gasteiger partial charge in [0.1, 0.15) is 0 Å². The van der Waals surface area contributed by atoms with E-state index in [-0.39, 0.29) is 6.04 Å². The van der Waals surface area contributed by atoms with E-state index in [9.17, 15) is 0 Å². The van der Waals surface area contributed by atoms with Gasteiger partial charge in [-0.3, -0.25) is 0 Å². The Morgan fingerprint density at radius 1 is 1.31 bits per heavy atom. The second-order valence-corrected chi connectivity index (χ2v) is 4.50. The molecule has 0 bridgehead atoms. The highest BCUT2D eigenvalue weighted by Crippen LogP contribution is 2.37. The maximum Gasteiger partial charge on any atom is 0.231 e. The summed E-state index contributed by atoms with van der Waals surface area (Å²) in [6, 6.07) is 4.25. The molecule has 0 saturated heterocycles. The van der Waals surface area contributed by atoms with E-state index in [1.807, 2.05) is 26.2 Å². The van der Waals surface area contributed by atoms with Crippen molar-refractivity contribution in [2.24, 2.45) is 0 Å². The highest BCUT2D eigenvalue weighted by molar-refractivity contribution is 6.18. The number of fused-ring (bicyclic) bond motifs is 1. The summed E-state index contributed by atoms with van der Waals surface area (Å²) in [4.78, 5) is 2.11. The molecule has 0 amide bonds. The van der Waals surface area contributed by atoms with Crippen LogP contribution in [0.3, 0.4) is 0 Å². The van der Waals surface area contributed by atoms with Crippen molar-refractivity contribution in [1.29, 1.82) is 0 Å². The van der Waals surface area contributed by atoms with E-state index >= 15 is 0 Å². The lowest BCUT2D eigenvalue weighted by Gasteiger charge is -2.24. The summed E-state index contributed by atoms with van der Waals surface area (Å²) in [5.74, 6) is 2.21. The van der Waals surface area contributed by atoms with Crippen molar-refractivity contribution in [2.45, 2.75) is 13.0 Å². The van der Waals surface area contributed by atoms with E-state index in [4.69, 9.17) is 21.1 Å². The van der Waals surface area contributed by atoms with Gasteiger partial charge in [0, 0.05) is 11.9 Å². The van der Waals surface area contributed by atoms with Gasteiger partial charge in [-0.1, -0.05) is 0 Å². The van der Waals surface area contributed by atoms with E-state index in [0.29, 0.717) is 12.7 Å². The molecule has 2 rings (SSSR count). The standard InChI is InChI=1S/C12H16ClNO2/c1-8-4-11-12(16-7-15-11)5-9(8)10(6-13)14(2)3/h4-5,10H,6-7H2,1-3H3. The Kier molecular flexibility index (Phi) is 3.26. The average Bonchev–Trinajstić information content (AvgIpc) is 2.65. The van der Waals surface area contributed by atoms with Crippen LogP contribution < -0.4 is 9.47 Å². The van der Waals surface area contributed by atoms with Crippen molar-refractivity contribution in [1.82, 2.24) is 4.90 Å². The van der Waals surface area contributed by atoms with Gasteiger partial charge in [0.05, 0.1) is 0 Å². The van der Waals surface area contributed by atoms with Gasteiger partial charge >= 0.3 is 0 Å². The molecule has 0 saturated carbocycles. The lowest BCUT2D eigenvalue weighted by molar-refractivity contribution is 0.174. The van der Waals surface area contributed by atoms with Crippen molar-refractivity contribution in [3.05, 3.63) is 23.3 Å². The maximum atomic E-state index is 6.01. The molecule has 16 heavy (non-hydrogen) atoms. The first-order chi connectivity index (χ1) is 7.63. The summed E-state index contributed by atoms with van der Waals surface area (Å²) < 4.78 is 10.7. The first-order valence-corrected chi connectivity index (χ1v) is 5.79. The van der Waals surface area contributed by atoms with Crippen LogP contribution in [0, 0.1) is 6.92 Å². The number of hydrogen-bond acceptors (Lipinski definition) is 3.